The summed E-state index contributed by atoms with van der Waals surface area (Å²) in [6.45, 7) is 0. The third-order valence-electron chi connectivity index (χ3n) is 4.52. The largest absolute Gasteiger partial charge is 0.508 e. The highest BCUT2D eigenvalue weighted by molar-refractivity contribution is 6.30. The zero-order chi connectivity index (χ0) is 18.8. The fourth-order valence-electron chi connectivity index (χ4n) is 3.15. The number of amides is 1. The van der Waals surface area contributed by atoms with Crippen molar-refractivity contribution in [3.8, 4) is 5.75 Å². The Hall–Kier alpha value is -3.18. The van der Waals surface area contributed by atoms with Gasteiger partial charge in [-0.15, -0.1) is 0 Å². The number of carbonyl (C=O) groups excluding carboxylic acids is 1. The fraction of sp³-hybridized carbons (Fsp3) is 0.0952. The standard InChI is InChI=1S/C21H16ClN3O2/c22-16-7-5-14(6-8-16)18-13-19(17-3-1-2-4-20(17)26)25(24-18)21(27)15-9-11-23-12-10-15/h1-12,19,26H,13H2/t19-/m0/s1. The van der Waals surface area contributed by atoms with Crippen molar-refractivity contribution in [2.45, 2.75) is 12.5 Å². The Labute approximate surface area is 161 Å². The quantitative estimate of drug-likeness (QED) is 0.734. The first-order valence-electron chi connectivity index (χ1n) is 8.48. The lowest BCUT2D eigenvalue weighted by molar-refractivity contribution is 0.0709. The first-order valence-corrected chi connectivity index (χ1v) is 8.86. The number of hydrazone groups is 1. The van der Waals surface area contributed by atoms with Gasteiger partial charge in [-0.2, -0.15) is 5.10 Å². The van der Waals surface area contributed by atoms with E-state index in [2.05, 4.69) is 10.1 Å². The van der Waals surface area contributed by atoms with Crippen LogP contribution in [-0.2, 0) is 0 Å². The number of carbonyl (C=O) groups is 1. The Balaban J connectivity index is 1.75. The van der Waals surface area contributed by atoms with E-state index in [1.54, 1.807) is 48.8 Å². The van der Waals surface area contributed by atoms with E-state index in [-0.39, 0.29) is 11.7 Å². The van der Waals surface area contributed by atoms with Gasteiger partial charge in [0.2, 0.25) is 0 Å². The Morgan fingerprint density at radius 2 is 1.74 bits per heavy atom. The number of phenolic OH excluding ortho intramolecular Hbond substituents is 1. The molecular formula is C21H16ClN3O2. The number of nitrogens with zero attached hydrogens (tertiary/aromatic N) is 3. The van der Waals surface area contributed by atoms with Crippen molar-refractivity contribution in [1.82, 2.24) is 9.99 Å². The molecule has 4 rings (SSSR count). The molecule has 1 aliphatic rings. The zero-order valence-electron chi connectivity index (χ0n) is 14.3. The highest BCUT2D eigenvalue weighted by Gasteiger charge is 2.34. The van der Waals surface area contributed by atoms with Crippen LogP contribution >= 0.6 is 11.6 Å². The van der Waals surface area contributed by atoms with Gasteiger partial charge in [0.15, 0.2) is 0 Å². The minimum atomic E-state index is -0.391. The van der Waals surface area contributed by atoms with Crippen LogP contribution in [0, 0.1) is 0 Å². The summed E-state index contributed by atoms with van der Waals surface area (Å²) in [7, 11) is 0. The molecule has 0 saturated carbocycles. The highest BCUT2D eigenvalue weighted by atomic mass is 35.5. The van der Waals surface area contributed by atoms with E-state index in [4.69, 9.17) is 11.6 Å². The molecule has 1 amide bonds. The van der Waals surface area contributed by atoms with Crippen molar-refractivity contribution in [3.63, 3.8) is 0 Å². The zero-order valence-corrected chi connectivity index (χ0v) is 15.0. The molecule has 0 saturated heterocycles. The number of aromatic nitrogens is 1. The van der Waals surface area contributed by atoms with Crippen LogP contribution in [0.2, 0.25) is 5.02 Å². The second kappa shape index (κ2) is 7.21. The van der Waals surface area contributed by atoms with Crippen LogP contribution in [-0.4, -0.2) is 26.7 Å². The van der Waals surface area contributed by atoms with Crippen LogP contribution in [0.15, 0.2) is 78.2 Å². The van der Waals surface area contributed by atoms with Gasteiger partial charge in [-0.3, -0.25) is 9.78 Å². The third-order valence-corrected chi connectivity index (χ3v) is 4.77. The van der Waals surface area contributed by atoms with Crippen LogP contribution in [0.1, 0.15) is 33.9 Å². The molecule has 3 aromatic rings. The molecule has 0 aliphatic carbocycles. The maximum absolute atomic E-state index is 13.1. The van der Waals surface area contributed by atoms with Gasteiger partial charge in [-0.25, -0.2) is 5.01 Å². The van der Waals surface area contributed by atoms with Crippen LogP contribution < -0.4 is 0 Å². The molecule has 1 aliphatic heterocycles. The van der Waals surface area contributed by atoms with Crippen molar-refractivity contribution in [1.29, 1.82) is 0 Å². The Bertz CT molecular complexity index is 1000. The molecule has 27 heavy (non-hydrogen) atoms. The minimum Gasteiger partial charge on any atom is -0.508 e. The first-order chi connectivity index (χ1) is 13.1. The van der Waals surface area contributed by atoms with Crippen molar-refractivity contribution >= 4 is 23.2 Å². The van der Waals surface area contributed by atoms with E-state index >= 15 is 0 Å². The van der Waals surface area contributed by atoms with Gasteiger partial charge < -0.3 is 5.11 Å². The molecule has 0 spiro atoms. The number of phenols is 1. The lowest BCUT2D eigenvalue weighted by Crippen LogP contribution is -2.27. The Kier molecular flexibility index (Phi) is 4.60. The maximum atomic E-state index is 13.1. The predicted molar refractivity (Wildman–Crippen MR) is 104 cm³/mol. The molecule has 1 aromatic heterocycles. The van der Waals surface area contributed by atoms with Crippen molar-refractivity contribution in [2.75, 3.05) is 0 Å². The molecule has 5 nitrogen and oxygen atoms in total. The lowest BCUT2D eigenvalue weighted by atomic mass is 9.97. The molecule has 2 heterocycles. The topological polar surface area (TPSA) is 65.8 Å². The molecule has 0 unspecified atom stereocenters. The highest BCUT2D eigenvalue weighted by Crippen LogP contribution is 2.37. The number of hydrogen-bond donors (Lipinski definition) is 1. The third kappa shape index (κ3) is 3.41. The molecule has 6 heteroatoms. The van der Waals surface area contributed by atoms with E-state index < -0.39 is 6.04 Å². The van der Waals surface area contributed by atoms with Gasteiger partial charge in [-0.05, 0) is 35.9 Å². The second-order valence-corrected chi connectivity index (χ2v) is 6.65. The fourth-order valence-corrected chi connectivity index (χ4v) is 3.28. The number of pyridine rings is 1. The SMILES string of the molecule is O=C(c1ccncc1)N1N=C(c2ccc(Cl)cc2)C[C@H]1c1ccccc1O. The van der Waals surface area contributed by atoms with Gasteiger partial charge in [-0.1, -0.05) is 41.9 Å². The molecule has 0 bridgehead atoms. The summed E-state index contributed by atoms with van der Waals surface area (Å²) in [6.07, 6.45) is 3.64. The monoisotopic (exact) mass is 377 g/mol. The van der Waals surface area contributed by atoms with Crippen LogP contribution in [0.3, 0.4) is 0 Å². The summed E-state index contributed by atoms with van der Waals surface area (Å²) < 4.78 is 0. The van der Waals surface area contributed by atoms with E-state index in [0.717, 1.165) is 11.3 Å². The minimum absolute atomic E-state index is 0.141. The molecular weight excluding hydrogens is 362 g/mol. The molecule has 0 fully saturated rings. The number of halogens is 1. The normalized spacial score (nSPS) is 16.3. The number of benzene rings is 2. The molecule has 2 aromatic carbocycles. The average Bonchev–Trinajstić information content (AvgIpc) is 3.14. The van der Waals surface area contributed by atoms with Crippen LogP contribution in [0.25, 0.3) is 0 Å². The van der Waals surface area contributed by atoms with Gasteiger partial charge >= 0.3 is 0 Å². The maximum Gasteiger partial charge on any atom is 0.274 e. The van der Waals surface area contributed by atoms with Gasteiger partial charge in [0.05, 0.1) is 11.8 Å². The van der Waals surface area contributed by atoms with E-state index in [1.807, 2.05) is 24.3 Å². The predicted octanol–water partition coefficient (Wildman–Crippen LogP) is 4.43. The average molecular weight is 378 g/mol. The molecule has 1 atom stereocenters. The summed E-state index contributed by atoms with van der Waals surface area (Å²) in [6, 6.07) is 17.3. The van der Waals surface area contributed by atoms with Gasteiger partial charge in [0, 0.05) is 35.0 Å². The number of hydrogen-bond acceptors (Lipinski definition) is 4. The van der Waals surface area contributed by atoms with E-state index in [0.29, 0.717) is 22.6 Å². The summed E-state index contributed by atoms with van der Waals surface area (Å²) in [4.78, 5) is 17.0. The molecule has 134 valence electrons. The van der Waals surface area contributed by atoms with Crippen molar-refractivity contribution < 1.29 is 9.90 Å². The van der Waals surface area contributed by atoms with E-state index in [9.17, 15) is 9.90 Å². The summed E-state index contributed by atoms with van der Waals surface area (Å²) in [5.41, 5.74) is 2.81. The lowest BCUT2D eigenvalue weighted by Gasteiger charge is -2.22. The molecule has 0 radical (unpaired) electrons. The molecule has 1 N–H and O–H groups in total. The summed E-state index contributed by atoms with van der Waals surface area (Å²) in [5.74, 6) is -0.0998. The van der Waals surface area contributed by atoms with E-state index in [1.165, 1.54) is 5.01 Å². The Morgan fingerprint density at radius 3 is 2.44 bits per heavy atom. The van der Waals surface area contributed by atoms with Crippen molar-refractivity contribution in [2.24, 2.45) is 5.10 Å². The van der Waals surface area contributed by atoms with Crippen LogP contribution in [0.5, 0.6) is 5.75 Å². The first kappa shape index (κ1) is 17.2. The summed E-state index contributed by atoms with van der Waals surface area (Å²) >= 11 is 5.98. The number of para-hydroxylation sites is 1. The van der Waals surface area contributed by atoms with Crippen LogP contribution in [0.4, 0.5) is 0 Å². The number of aromatic hydroxyl groups is 1. The second-order valence-electron chi connectivity index (χ2n) is 6.22. The Morgan fingerprint density at radius 1 is 1.04 bits per heavy atom. The van der Waals surface area contributed by atoms with Gasteiger partial charge in [0.25, 0.3) is 5.91 Å². The smallest absolute Gasteiger partial charge is 0.274 e. The van der Waals surface area contributed by atoms with Gasteiger partial charge in [0.1, 0.15) is 5.75 Å². The summed E-state index contributed by atoms with van der Waals surface area (Å²) in [5, 5.41) is 17.0. The number of rotatable bonds is 3. The van der Waals surface area contributed by atoms with Crippen molar-refractivity contribution in [3.05, 3.63) is 94.8 Å².